The normalized spacial score (nSPS) is 11.2. The van der Waals surface area contributed by atoms with Crippen LogP contribution < -0.4 is 10.9 Å². The molecule has 0 atom stereocenters. The number of nitrogens with zero attached hydrogens (tertiary/aromatic N) is 3. The van der Waals surface area contributed by atoms with Crippen LogP contribution in [0.1, 0.15) is 46.9 Å². The molecule has 0 aliphatic carbocycles. The van der Waals surface area contributed by atoms with Crippen LogP contribution in [-0.2, 0) is 17.8 Å². The summed E-state index contributed by atoms with van der Waals surface area (Å²) in [6.45, 7) is 12.5. The lowest BCUT2D eigenvalue weighted by Crippen LogP contribution is -2.27. The van der Waals surface area contributed by atoms with Gasteiger partial charge in [-0.05, 0) is 77.3 Å². The Hall–Kier alpha value is -3.67. The molecule has 0 bridgehead atoms. The van der Waals surface area contributed by atoms with E-state index in [1.807, 2.05) is 88.7 Å². The zero-order valence-electron chi connectivity index (χ0n) is 20.8. The quantitative estimate of drug-likeness (QED) is 0.427. The molecule has 0 spiro atoms. The number of benzene rings is 2. The number of aromatic nitrogens is 3. The van der Waals surface area contributed by atoms with Gasteiger partial charge in [-0.1, -0.05) is 35.4 Å². The van der Waals surface area contributed by atoms with E-state index in [0.717, 1.165) is 44.8 Å². The van der Waals surface area contributed by atoms with Crippen LogP contribution in [0.25, 0.3) is 16.7 Å². The molecular formula is C28H32N4O2. The molecule has 2 heterocycles. The van der Waals surface area contributed by atoms with E-state index in [2.05, 4.69) is 5.32 Å². The van der Waals surface area contributed by atoms with E-state index in [9.17, 15) is 9.59 Å². The van der Waals surface area contributed by atoms with Gasteiger partial charge >= 0.3 is 0 Å². The number of anilines is 1. The Morgan fingerprint density at radius 2 is 1.65 bits per heavy atom. The van der Waals surface area contributed by atoms with Crippen LogP contribution in [0, 0.1) is 34.6 Å². The Morgan fingerprint density at radius 1 is 0.971 bits per heavy atom. The van der Waals surface area contributed by atoms with Gasteiger partial charge in [0.1, 0.15) is 5.65 Å². The number of hydrogen-bond acceptors (Lipinski definition) is 3. The van der Waals surface area contributed by atoms with Crippen LogP contribution in [0.3, 0.4) is 0 Å². The van der Waals surface area contributed by atoms with Crippen molar-refractivity contribution in [2.24, 2.45) is 0 Å². The van der Waals surface area contributed by atoms with Gasteiger partial charge < -0.3 is 5.32 Å². The third kappa shape index (κ3) is 4.28. The number of nitrogens with one attached hydrogen (secondary N) is 1. The molecule has 0 saturated heterocycles. The van der Waals surface area contributed by atoms with Crippen molar-refractivity contribution in [1.29, 1.82) is 0 Å². The summed E-state index contributed by atoms with van der Waals surface area (Å²) in [5.41, 5.74) is 8.28. The molecule has 2 aromatic heterocycles. The molecule has 6 heteroatoms. The zero-order valence-corrected chi connectivity index (χ0v) is 20.8. The zero-order chi connectivity index (χ0) is 24.6. The second kappa shape index (κ2) is 9.29. The SMILES string of the molecule is CCn1c(=O)c(CCC(=O)Nc2ccc(C)cc2C)c(C)c2c(C)nn(-c3ccc(C)cc3)c21. The smallest absolute Gasteiger partial charge is 0.255 e. The van der Waals surface area contributed by atoms with Crippen molar-refractivity contribution in [1.82, 2.24) is 14.3 Å². The maximum Gasteiger partial charge on any atom is 0.255 e. The number of carbonyl (C=O) groups excluding carboxylic acids is 1. The van der Waals surface area contributed by atoms with Crippen molar-refractivity contribution in [3.8, 4) is 5.69 Å². The lowest BCUT2D eigenvalue weighted by atomic mass is 10.0. The average molecular weight is 457 g/mol. The fourth-order valence-electron chi connectivity index (χ4n) is 4.63. The van der Waals surface area contributed by atoms with Gasteiger partial charge in [-0.3, -0.25) is 14.2 Å². The predicted molar refractivity (Wildman–Crippen MR) is 138 cm³/mol. The molecule has 0 aliphatic rings. The minimum atomic E-state index is -0.0963. The molecule has 4 rings (SSSR count). The van der Waals surface area contributed by atoms with Crippen LogP contribution in [0.4, 0.5) is 5.69 Å². The Kier molecular flexibility index (Phi) is 6.42. The Morgan fingerprint density at radius 3 is 2.29 bits per heavy atom. The highest BCUT2D eigenvalue weighted by Gasteiger charge is 2.21. The number of carbonyl (C=O) groups is 1. The number of rotatable bonds is 6. The standard InChI is InChI=1S/C28H32N4O2/c1-7-31-27-26(21(6)30-32(27)22-11-8-17(2)9-12-22)20(5)23(28(31)34)13-15-25(33)29-24-14-10-18(3)16-19(24)4/h8-12,14,16H,7,13,15H2,1-6H3,(H,29,33). The maximum absolute atomic E-state index is 13.5. The summed E-state index contributed by atoms with van der Waals surface area (Å²) in [5.74, 6) is -0.0963. The maximum atomic E-state index is 13.5. The van der Waals surface area contributed by atoms with Crippen molar-refractivity contribution in [3.63, 3.8) is 0 Å². The lowest BCUT2D eigenvalue weighted by Gasteiger charge is -2.15. The number of hydrogen-bond donors (Lipinski definition) is 1. The van der Waals surface area contributed by atoms with Crippen molar-refractivity contribution in [2.45, 2.75) is 60.9 Å². The summed E-state index contributed by atoms with van der Waals surface area (Å²) in [5, 5.41) is 8.76. The fraction of sp³-hybridized carbons (Fsp3) is 0.321. The Bertz CT molecular complexity index is 1440. The molecule has 0 aliphatic heterocycles. The minimum Gasteiger partial charge on any atom is -0.326 e. The van der Waals surface area contributed by atoms with Gasteiger partial charge in [0.05, 0.1) is 11.4 Å². The molecule has 1 N–H and O–H groups in total. The first-order valence-corrected chi connectivity index (χ1v) is 11.8. The van der Waals surface area contributed by atoms with Crippen molar-refractivity contribution in [2.75, 3.05) is 5.32 Å². The van der Waals surface area contributed by atoms with Crippen LogP contribution in [0.5, 0.6) is 0 Å². The average Bonchev–Trinajstić information content (AvgIpc) is 3.13. The number of fused-ring (bicyclic) bond motifs is 1. The third-order valence-corrected chi connectivity index (χ3v) is 6.48. The first-order valence-electron chi connectivity index (χ1n) is 11.8. The van der Waals surface area contributed by atoms with Crippen molar-refractivity contribution >= 4 is 22.6 Å². The largest absolute Gasteiger partial charge is 0.326 e. The second-order valence-corrected chi connectivity index (χ2v) is 9.05. The number of pyridine rings is 1. The summed E-state index contributed by atoms with van der Waals surface area (Å²) in [7, 11) is 0. The second-order valence-electron chi connectivity index (χ2n) is 9.05. The fourth-order valence-corrected chi connectivity index (χ4v) is 4.63. The Balaban J connectivity index is 1.70. The summed E-state index contributed by atoms with van der Waals surface area (Å²) >= 11 is 0. The van der Waals surface area contributed by atoms with Gasteiger partial charge in [0.15, 0.2) is 0 Å². The van der Waals surface area contributed by atoms with Gasteiger partial charge in [0, 0.05) is 29.6 Å². The Labute approximate surface area is 200 Å². The monoisotopic (exact) mass is 456 g/mol. The highest BCUT2D eigenvalue weighted by Crippen LogP contribution is 2.26. The molecule has 34 heavy (non-hydrogen) atoms. The summed E-state index contributed by atoms with van der Waals surface area (Å²) in [4.78, 5) is 26.2. The first kappa shape index (κ1) is 23.5. The van der Waals surface area contributed by atoms with Crippen molar-refractivity contribution < 1.29 is 4.79 Å². The van der Waals surface area contributed by atoms with E-state index < -0.39 is 0 Å². The molecule has 6 nitrogen and oxygen atoms in total. The topological polar surface area (TPSA) is 68.9 Å². The first-order chi connectivity index (χ1) is 16.2. The summed E-state index contributed by atoms with van der Waals surface area (Å²) < 4.78 is 3.64. The summed E-state index contributed by atoms with van der Waals surface area (Å²) in [6.07, 6.45) is 0.621. The molecule has 1 amide bonds. The van der Waals surface area contributed by atoms with Gasteiger partial charge in [-0.15, -0.1) is 0 Å². The van der Waals surface area contributed by atoms with E-state index in [1.165, 1.54) is 5.56 Å². The number of aryl methyl sites for hydroxylation is 6. The van der Waals surface area contributed by atoms with Gasteiger partial charge in [0.25, 0.3) is 5.56 Å². The highest BCUT2D eigenvalue weighted by molar-refractivity contribution is 5.92. The van der Waals surface area contributed by atoms with Crippen LogP contribution in [-0.4, -0.2) is 20.3 Å². The number of amides is 1. The molecule has 2 aromatic carbocycles. The van der Waals surface area contributed by atoms with E-state index in [4.69, 9.17) is 5.10 Å². The third-order valence-electron chi connectivity index (χ3n) is 6.48. The molecule has 0 saturated carbocycles. The van der Waals surface area contributed by atoms with E-state index in [-0.39, 0.29) is 17.9 Å². The molecule has 0 fully saturated rings. The highest BCUT2D eigenvalue weighted by atomic mass is 16.1. The van der Waals surface area contributed by atoms with Gasteiger partial charge in [-0.2, -0.15) is 5.10 Å². The lowest BCUT2D eigenvalue weighted by molar-refractivity contribution is -0.116. The molecule has 0 unspecified atom stereocenters. The molecule has 176 valence electrons. The summed E-state index contributed by atoms with van der Waals surface area (Å²) in [6, 6.07) is 14.1. The van der Waals surface area contributed by atoms with E-state index in [1.54, 1.807) is 4.57 Å². The molecule has 4 aromatic rings. The van der Waals surface area contributed by atoms with E-state index in [0.29, 0.717) is 18.5 Å². The van der Waals surface area contributed by atoms with Gasteiger partial charge in [0.2, 0.25) is 5.91 Å². The van der Waals surface area contributed by atoms with Crippen LogP contribution in [0.2, 0.25) is 0 Å². The van der Waals surface area contributed by atoms with Gasteiger partial charge in [-0.25, -0.2) is 4.68 Å². The predicted octanol–water partition coefficient (Wildman–Crippen LogP) is 5.32. The van der Waals surface area contributed by atoms with Crippen LogP contribution in [0.15, 0.2) is 47.3 Å². The molecule has 0 radical (unpaired) electrons. The molecular weight excluding hydrogens is 424 g/mol. The van der Waals surface area contributed by atoms with E-state index >= 15 is 0 Å². The van der Waals surface area contributed by atoms with Crippen molar-refractivity contribution in [3.05, 3.63) is 86.3 Å². The van der Waals surface area contributed by atoms with Crippen LogP contribution >= 0.6 is 0 Å². The minimum absolute atomic E-state index is 0.0555.